The Morgan fingerprint density at radius 3 is 2.31 bits per heavy atom. The van der Waals surface area contributed by atoms with Crippen molar-refractivity contribution in [3.8, 4) is 17.6 Å². The van der Waals surface area contributed by atoms with Crippen molar-refractivity contribution in [2.75, 3.05) is 13.1 Å². The number of nitrogens with zero attached hydrogens (tertiary/aromatic N) is 4. The summed E-state index contributed by atoms with van der Waals surface area (Å²) in [6.07, 6.45) is 1.41. The first-order valence-electron chi connectivity index (χ1n) is 14.7. The van der Waals surface area contributed by atoms with Crippen LogP contribution in [0.1, 0.15) is 72.4 Å². The second kappa shape index (κ2) is 11.1. The molecule has 1 unspecified atom stereocenters. The van der Waals surface area contributed by atoms with Crippen LogP contribution in [0, 0.1) is 28.4 Å². The largest absolute Gasteiger partial charge is 0.453 e. The van der Waals surface area contributed by atoms with Crippen molar-refractivity contribution in [3.63, 3.8) is 0 Å². The molecule has 2 aromatic carbocycles. The minimum absolute atomic E-state index is 0.0300. The molecular weight excluding hydrogens is 606 g/mol. The van der Waals surface area contributed by atoms with Gasteiger partial charge in [-0.25, -0.2) is 27.0 Å². The highest BCUT2D eigenvalue weighted by Gasteiger charge is 2.62. The third-order valence-corrected chi connectivity index (χ3v) is 12.0. The average Bonchev–Trinajstić information content (AvgIpc) is 3.16. The maximum absolute atomic E-state index is 14.5. The second-order valence-corrected chi connectivity index (χ2v) is 16.3. The first kappa shape index (κ1) is 32.3. The predicted octanol–water partition coefficient (Wildman–Crippen LogP) is 5.88. The summed E-state index contributed by atoms with van der Waals surface area (Å²) in [6.45, 7) is 11.2. The van der Waals surface area contributed by atoms with Crippen LogP contribution in [0.5, 0.6) is 11.5 Å². The third-order valence-electron chi connectivity index (χ3n) is 8.55. The second-order valence-electron chi connectivity index (χ2n) is 13.8. The molecule has 0 N–H and O–H groups in total. The number of halogens is 2. The number of hydrogen-bond acceptors (Lipinski definition) is 8. The van der Waals surface area contributed by atoms with Gasteiger partial charge in [0, 0.05) is 13.1 Å². The summed E-state index contributed by atoms with van der Waals surface area (Å²) in [5, 5.41) is 8.47. The van der Waals surface area contributed by atoms with Crippen LogP contribution in [0.3, 0.4) is 0 Å². The molecule has 0 bridgehead atoms. The van der Waals surface area contributed by atoms with Crippen LogP contribution in [0.25, 0.3) is 10.9 Å². The molecule has 45 heavy (non-hydrogen) atoms. The highest BCUT2D eigenvalue weighted by Crippen LogP contribution is 2.54. The third kappa shape index (κ3) is 5.76. The average molecular weight is 643 g/mol. The molecular formula is C32H36F2N4O6S. The van der Waals surface area contributed by atoms with E-state index in [0.29, 0.717) is 0 Å². The molecule has 10 nitrogen and oxygen atoms in total. The van der Waals surface area contributed by atoms with Crippen LogP contribution in [0.2, 0.25) is 0 Å². The van der Waals surface area contributed by atoms with Crippen molar-refractivity contribution in [1.82, 2.24) is 14.5 Å². The predicted molar refractivity (Wildman–Crippen MR) is 163 cm³/mol. The topological polar surface area (TPSA) is 132 Å². The van der Waals surface area contributed by atoms with Gasteiger partial charge in [-0.2, -0.15) is 5.26 Å². The summed E-state index contributed by atoms with van der Waals surface area (Å²) in [7, 11) is -3.82. The first-order chi connectivity index (χ1) is 20.9. The normalized spacial score (nSPS) is 21.1. The highest BCUT2D eigenvalue weighted by atomic mass is 32.2. The number of nitriles is 1. The lowest BCUT2D eigenvalue weighted by molar-refractivity contribution is 0.0191. The van der Waals surface area contributed by atoms with Crippen molar-refractivity contribution in [1.29, 1.82) is 5.26 Å². The van der Waals surface area contributed by atoms with Gasteiger partial charge in [0.15, 0.2) is 21.4 Å². The van der Waals surface area contributed by atoms with Crippen molar-refractivity contribution >= 4 is 26.8 Å². The summed E-state index contributed by atoms with van der Waals surface area (Å²) in [5.74, 6) is -2.56. The monoisotopic (exact) mass is 642 g/mol. The van der Waals surface area contributed by atoms with Gasteiger partial charge in [0.1, 0.15) is 28.8 Å². The molecule has 2 atom stereocenters. The Labute approximate surface area is 260 Å². The summed E-state index contributed by atoms with van der Waals surface area (Å²) in [5.41, 5.74) is -2.30. The van der Waals surface area contributed by atoms with E-state index in [1.54, 1.807) is 26.8 Å². The highest BCUT2D eigenvalue weighted by molar-refractivity contribution is 7.93. The van der Waals surface area contributed by atoms with E-state index in [2.05, 4.69) is 4.98 Å². The fourth-order valence-electron chi connectivity index (χ4n) is 6.55. The van der Waals surface area contributed by atoms with E-state index in [-0.39, 0.29) is 49.0 Å². The number of aromatic nitrogens is 2. The minimum Gasteiger partial charge on any atom is -0.453 e. The molecule has 0 radical (unpaired) electrons. The molecule has 5 rings (SSSR count). The zero-order valence-electron chi connectivity index (χ0n) is 26.1. The summed E-state index contributed by atoms with van der Waals surface area (Å²) >= 11 is 0. The van der Waals surface area contributed by atoms with Crippen LogP contribution in [-0.2, 0) is 14.6 Å². The smallest absolute Gasteiger partial charge is 0.410 e. The molecule has 1 spiro atoms. The SMILES string of the molecule is CC(C)(C)OC(=O)N1CCC2(CC1)C[C@@H](n1cnc3ccc(Oc4c(F)ccc(F)c4C#N)cc3c1=O)C(C(C)(C)C)S2(=O)=O. The number of amides is 1. The van der Waals surface area contributed by atoms with Gasteiger partial charge in [-0.3, -0.25) is 9.36 Å². The van der Waals surface area contributed by atoms with Gasteiger partial charge in [-0.15, -0.1) is 0 Å². The molecule has 1 amide bonds. The molecule has 13 heteroatoms. The Kier molecular flexibility index (Phi) is 7.97. The number of rotatable bonds is 3. The summed E-state index contributed by atoms with van der Waals surface area (Å²) < 4.78 is 68.6. The standard InChI is InChI=1S/C32H36F2N4O6S/c1-30(2,3)27-25(16-32(45(27,41)42)11-13-37(14-12-32)29(40)44-31(4,5)6)38-18-36-24-10-7-19(15-20(24)28(38)39)43-26-21(17-35)22(33)8-9-23(26)34/h7-10,15,18,25,27H,11-14,16H2,1-6H3/t25-,27?/m1/s1. The van der Waals surface area contributed by atoms with Gasteiger partial charge in [0.25, 0.3) is 5.56 Å². The molecule has 2 aliphatic heterocycles. The minimum atomic E-state index is -3.82. The molecule has 1 aromatic heterocycles. The summed E-state index contributed by atoms with van der Waals surface area (Å²) in [6, 6.07) is 6.68. The van der Waals surface area contributed by atoms with Crippen LogP contribution < -0.4 is 10.3 Å². The van der Waals surface area contributed by atoms with Gasteiger partial charge in [0.05, 0.1) is 33.3 Å². The van der Waals surface area contributed by atoms with E-state index in [0.717, 1.165) is 12.1 Å². The molecule has 2 fully saturated rings. The van der Waals surface area contributed by atoms with Crippen molar-refractivity contribution in [2.45, 2.75) is 82.4 Å². The zero-order chi connectivity index (χ0) is 33.1. The molecule has 2 saturated heterocycles. The maximum atomic E-state index is 14.5. The molecule has 0 saturated carbocycles. The van der Waals surface area contributed by atoms with Crippen LogP contribution >= 0.6 is 0 Å². The van der Waals surface area contributed by atoms with E-state index in [1.807, 2.05) is 20.8 Å². The van der Waals surface area contributed by atoms with Crippen LogP contribution in [0.15, 0.2) is 41.5 Å². The number of likely N-dealkylation sites (tertiary alicyclic amines) is 1. The van der Waals surface area contributed by atoms with Gasteiger partial charge >= 0.3 is 6.09 Å². The van der Waals surface area contributed by atoms with E-state index in [4.69, 9.17) is 9.47 Å². The number of carbonyl (C=O) groups excluding carboxylic acids is 1. The zero-order valence-corrected chi connectivity index (χ0v) is 26.9. The molecule has 3 heterocycles. The molecule has 240 valence electrons. The maximum Gasteiger partial charge on any atom is 0.410 e. The molecule has 2 aliphatic rings. The number of carbonyl (C=O) groups is 1. The molecule has 3 aromatic rings. The van der Waals surface area contributed by atoms with Crippen molar-refractivity contribution < 1.29 is 31.5 Å². The Morgan fingerprint density at radius 1 is 1.07 bits per heavy atom. The number of sulfone groups is 1. The van der Waals surface area contributed by atoms with Crippen molar-refractivity contribution in [3.05, 3.63) is 64.2 Å². The summed E-state index contributed by atoms with van der Waals surface area (Å²) in [4.78, 5) is 32.7. The van der Waals surface area contributed by atoms with E-state index < -0.39 is 71.5 Å². The Hall–Kier alpha value is -4.05. The Bertz CT molecular complexity index is 1880. The van der Waals surface area contributed by atoms with Crippen LogP contribution in [0.4, 0.5) is 13.6 Å². The number of fused-ring (bicyclic) bond motifs is 1. The fraction of sp³-hybridized carbons (Fsp3) is 0.500. The van der Waals surface area contributed by atoms with Gasteiger partial charge < -0.3 is 14.4 Å². The lowest BCUT2D eigenvalue weighted by atomic mass is 9.82. The van der Waals surface area contributed by atoms with Crippen molar-refractivity contribution in [2.24, 2.45) is 5.41 Å². The van der Waals surface area contributed by atoms with Gasteiger partial charge in [-0.05, 0) is 75.8 Å². The van der Waals surface area contributed by atoms with Gasteiger partial charge in [0.2, 0.25) is 0 Å². The van der Waals surface area contributed by atoms with Crippen LogP contribution in [-0.4, -0.2) is 57.6 Å². The van der Waals surface area contributed by atoms with Gasteiger partial charge in [-0.1, -0.05) is 20.8 Å². The Morgan fingerprint density at radius 2 is 1.71 bits per heavy atom. The first-order valence-corrected chi connectivity index (χ1v) is 16.2. The number of piperidine rings is 1. The number of ether oxygens (including phenoxy) is 2. The number of benzene rings is 2. The quantitative estimate of drug-likeness (QED) is 0.346. The van der Waals surface area contributed by atoms with E-state index in [9.17, 15) is 32.0 Å². The Balaban J connectivity index is 1.52. The lowest BCUT2D eigenvalue weighted by Crippen LogP contribution is -2.51. The fourth-order valence-corrected chi connectivity index (χ4v) is 9.81. The van der Waals surface area contributed by atoms with E-state index >= 15 is 0 Å². The number of hydrogen-bond donors (Lipinski definition) is 0. The molecule has 0 aliphatic carbocycles. The van der Waals surface area contributed by atoms with E-state index in [1.165, 1.54) is 34.0 Å². The lowest BCUT2D eigenvalue weighted by Gasteiger charge is -2.39.